The fourth-order valence-corrected chi connectivity index (χ4v) is 3.93. The molecule has 0 spiro atoms. The van der Waals surface area contributed by atoms with Gasteiger partial charge in [-0.15, -0.1) is 0 Å². The Kier molecular flexibility index (Phi) is 4.26. The first-order valence-electron chi connectivity index (χ1n) is 9.28. The fraction of sp³-hybridized carbons (Fsp3) is 0.450. The molecule has 2 atom stereocenters. The normalized spacial score (nSPS) is 20.5. The van der Waals surface area contributed by atoms with Crippen LogP contribution in [-0.4, -0.2) is 32.8 Å². The van der Waals surface area contributed by atoms with Crippen LogP contribution < -0.4 is 10.2 Å². The van der Waals surface area contributed by atoms with Gasteiger partial charge in [0.1, 0.15) is 5.82 Å². The highest BCUT2D eigenvalue weighted by atomic mass is 15.3. The number of anilines is 3. The molecule has 1 aliphatic heterocycles. The molecule has 1 N–H and O–H groups in total. The van der Waals surface area contributed by atoms with E-state index in [2.05, 4.69) is 54.3 Å². The van der Waals surface area contributed by atoms with E-state index in [1.807, 2.05) is 24.0 Å². The third kappa shape index (κ3) is 3.23. The van der Waals surface area contributed by atoms with Gasteiger partial charge in [-0.1, -0.05) is 26.0 Å². The van der Waals surface area contributed by atoms with Crippen molar-refractivity contribution >= 4 is 28.5 Å². The van der Waals surface area contributed by atoms with Crippen molar-refractivity contribution in [2.24, 2.45) is 18.9 Å². The SMILES string of the molecule is Cc1cccc(Nc2nc(N3C[C@H](C)C[C@H](C)C3)nc3c2cnn3C)c1. The Morgan fingerprint density at radius 1 is 1.12 bits per heavy atom. The minimum Gasteiger partial charge on any atom is -0.340 e. The number of benzene rings is 1. The maximum absolute atomic E-state index is 4.88. The van der Waals surface area contributed by atoms with Gasteiger partial charge in [0.25, 0.3) is 0 Å². The third-order valence-electron chi connectivity index (χ3n) is 5.01. The summed E-state index contributed by atoms with van der Waals surface area (Å²) in [6, 6.07) is 8.32. The van der Waals surface area contributed by atoms with Crippen molar-refractivity contribution < 1.29 is 0 Å². The number of hydrogen-bond donors (Lipinski definition) is 1. The lowest BCUT2D eigenvalue weighted by molar-refractivity contribution is 0.354. The van der Waals surface area contributed by atoms with Crippen LogP contribution in [0.4, 0.5) is 17.5 Å². The zero-order valence-electron chi connectivity index (χ0n) is 15.9. The summed E-state index contributed by atoms with van der Waals surface area (Å²) in [7, 11) is 1.93. The molecule has 2 aromatic heterocycles. The van der Waals surface area contributed by atoms with E-state index in [0.717, 1.165) is 41.6 Å². The average molecular weight is 350 g/mol. The van der Waals surface area contributed by atoms with Crippen molar-refractivity contribution in [1.29, 1.82) is 0 Å². The van der Waals surface area contributed by atoms with E-state index in [0.29, 0.717) is 11.8 Å². The van der Waals surface area contributed by atoms with Crippen LogP contribution in [0.15, 0.2) is 30.5 Å². The summed E-state index contributed by atoms with van der Waals surface area (Å²) < 4.78 is 1.82. The van der Waals surface area contributed by atoms with E-state index in [4.69, 9.17) is 9.97 Å². The summed E-state index contributed by atoms with van der Waals surface area (Å²) >= 11 is 0. The molecule has 4 rings (SSSR count). The Balaban J connectivity index is 1.76. The third-order valence-corrected chi connectivity index (χ3v) is 5.01. The molecule has 26 heavy (non-hydrogen) atoms. The lowest BCUT2D eigenvalue weighted by Crippen LogP contribution is -2.39. The van der Waals surface area contributed by atoms with Crippen molar-refractivity contribution in [3.8, 4) is 0 Å². The highest BCUT2D eigenvalue weighted by Gasteiger charge is 2.25. The molecule has 136 valence electrons. The van der Waals surface area contributed by atoms with Crippen LogP contribution in [0.3, 0.4) is 0 Å². The smallest absolute Gasteiger partial charge is 0.229 e. The number of nitrogens with one attached hydrogen (secondary N) is 1. The molecule has 1 fully saturated rings. The number of rotatable bonds is 3. The monoisotopic (exact) mass is 350 g/mol. The summed E-state index contributed by atoms with van der Waals surface area (Å²) in [5.74, 6) is 2.90. The first-order chi connectivity index (χ1) is 12.5. The predicted molar refractivity (Wildman–Crippen MR) is 106 cm³/mol. The molecule has 0 aliphatic carbocycles. The van der Waals surface area contributed by atoms with Crippen LogP contribution >= 0.6 is 0 Å². The zero-order chi connectivity index (χ0) is 18.3. The molecule has 6 heteroatoms. The summed E-state index contributed by atoms with van der Waals surface area (Å²) in [6.07, 6.45) is 3.09. The molecule has 0 unspecified atom stereocenters. The Bertz CT molecular complexity index is 921. The Morgan fingerprint density at radius 3 is 2.62 bits per heavy atom. The van der Waals surface area contributed by atoms with Crippen LogP contribution in [0.1, 0.15) is 25.8 Å². The zero-order valence-corrected chi connectivity index (χ0v) is 15.9. The molecular formula is C20H26N6. The number of aryl methyl sites for hydroxylation is 2. The molecular weight excluding hydrogens is 324 g/mol. The van der Waals surface area contributed by atoms with Crippen LogP contribution in [-0.2, 0) is 7.05 Å². The second-order valence-electron chi connectivity index (χ2n) is 7.72. The molecule has 3 heterocycles. The number of piperidine rings is 1. The molecule has 1 aromatic carbocycles. The van der Waals surface area contributed by atoms with Crippen molar-refractivity contribution in [1.82, 2.24) is 19.7 Å². The van der Waals surface area contributed by atoms with Gasteiger partial charge < -0.3 is 10.2 Å². The molecule has 0 saturated carbocycles. The second kappa shape index (κ2) is 6.59. The summed E-state index contributed by atoms with van der Waals surface area (Å²) in [4.78, 5) is 12.0. The van der Waals surface area contributed by atoms with Gasteiger partial charge in [0.2, 0.25) is 5.95 Å². The van der Waals surface area contributed by atoms with Crippen LogP contribution in [0.25, 0.3) is 11.0 Å². The van der Waals surface area contributed by atoms with Gasteiger partial charge in [0, 0.05) is 25.8 Å². The van der Waals surface area contributed by atoms with Gasteiger partial charge in [-0.2, -0.15) is 15.1 Å². The minimum atomic E-state index is 0.651. The lowest BCUT2D eigenvalue weighted by Gasteiger charge is -2.35. The number of hydrogen-bond acceptors (Lipinski definition) is 5. The summed E-state index contributed by atoms with van der Waals surface area (Å²) in [5, 5.41) is 8.80. The summed E-state index contributed by atoms with van der Waals surface area (Å²) in [5.41, 5.74) is 3.10. The van der Waals surface area contributed by atoms with Gasteiger partial charge in [-0.25, -0.2) is 0 Å². The lowest BCUT2D eigenvalue weighted by atomic mass is 9.92. The largest absolute Gasteiger partial charge is 0.340 e. The number of aromatic nitrogens is 4. The standard InChI is InChI=1S/C20H26N6/c1-13-6-5-7-16(9-13)22-18-17-10-21-25(4)19(17)24-20(23-18)26-11-14(2)8-15(3)12-26/h5-7,9-10,14-15H,8,11-12H2,1-4H3,(H,22,23,24)/t14-,15+. The quantitative estimate of drug-likeness (QED) is 0.776. The number of nitrogens with zero attached hydrogens (tertiary/aromatic N) is 5. The van der Waals surface area contributed by atoms with Gasteiger partial charge >= 0.3 is 0 Å². The second-order valence-corrected chi connectivity index (χ2v) is 7.72. The molecule has 3 aromatic rings. The first kappa shape index (κ1) is 16.8. The Labute approximate surface area is 154 Å². The van der Waals surface area contributed by atoms with E-state index in [9.17, 15) is 0 Å². The van der Waals surface area contributed by atoms with Gasteiger partial charge in [-0.3, -0.25) is 4.68 Å². The maximum Gasteiger partial charge on any atom is 0.229 e. The average Bonchev–Trinajstić information content (AvgIpc) is 2.96. The Hall–Kier alpha value is -2.63. The highest BCUT2D eigenvalue weighted by molar-refractivity contribution is 5.89. The predicted octanol–water partition coefficient (Wildman–Crippen LogP) is 3.90. The van der Waals surface area contributed by atoms with Crippen molar-refractivity contribution in [3.05, 3.63) is 36.0 Å². The van der Waals surface area contributed by atoms with Crippen LogP contribution in [0.5, 0.6) is 0 Å². The molecule has 0 radical (unpaired) electrons. The van der Waals surface area contributed by atoms with Crippen molar-refractivity contribution in [3.63, 3.8) is 0 Å². The molecule has 0 amide bonds. The molecule has 0 bridgehead atoms. The maximum atomic E-state index is 4.88. The van der Waals surface area contributed by atoms with Gasteiger partial charge in [-0.05, 0) is 42.9 Å². The van der Waals surface area contributed by atoms with Crippen molar-refractivity contribution in [2.75, 3.05) is 23.3 Å². The summed E-state index contributed by atoms with van der Waals surface area (Å²) in [6.45, 7) is 8.69. The van der Waals surface area contributed by atoms with Gasteiger partial charge in [0.05, 0.1) is 11.6 Å². The molecule has 1 aliphatic rings. The first-order valence-corrected chi connectivity index (χ1v) is 9.28. The van der Waals surface area contributed by atoms with E-state index in [1.54, 1.807) is 0 Å². The highest BCUT2D eigenvalue weighted by Crippen LogP contribution is 2.29. The topological polar surface area (TPSA) is 58.9 Å². The van der Waals surface area contributed by atoms with Gasteiger partial charge in [0.15, 0.2) is 5.65 Å². The number of fused-ring (bicyclic) bond motifs is 1. The van der Waals surface area contributed by atoms with Crippen LogP contribution in [0.2, 0.25) is 0 Å². The van der Waals surface area contributed by atoms with E-state index >= 15 is 0 Å². The van der Waals surface area contributed by atoms with E-state index in [1.165, 1.54) is 12.0 Å². The minimum absolute atomic E-state index is 0.651. The van der Waals surface area contributed by atoms with Crippen LogP contribution in [0, 0.1) is 18.8 Å². The van der Waals surface area contributed by atoms with E-state index in [-0.39, 0.29) is 0 Å². The van der Waals surface area contributed by atoms with Crippen molar-refractivity contribution in [2.45, 2.75) is 27.2 Å². The molecule has 6 nitrogen and oxygen atoms in total. The molecule has 1 saturated heterocycles. The van der Waals surface area contributed by atoms with E-state index < -0.39 is 0 Å². The Morgan fingerprint density at radius 2 is 1.88 bits per heavy atom. The fourth-order valence-electron chi connectivity index (χ4n) is 3.93.